The molecule has 0 spiro atoms. The minimum atomic E-state index is -0.919. The number of nitrogens with two attached hydrogens (primary N) is 2. The Labute approximate surface area is 266 Å². The van der Waals surface area contributed by atoms with Gasteiger partial charge >= 0.3 is 5.97 Å². The molecule has 2 atom stereocenters. The number of aromatic hydroxyl groups is 2. The maximum Gasteiger partial charge on any atom is 0.312 e. The number of carbonyl (C=O) groups is 2. The van der Waals surface area contributed by atoms with Crippen LogP contribution < -0.4 is 16.8 Å². The molecule has 0 fully saturated rings. The van der Waals surface area contributed by atoms with Crippen molar-refractivity contribution < 1.29 is 24.9 Å². The van der Waals surface area contributed by atoms with Crippen LogP contribution in [0.5, 0.6) is 11.5 Å². The van der Waals surface area contributed by atoms with Crippen LogP contribution in [0.1, 0.15) is 94.2 Å². The first-order chi connectivity index (χ1) is 20.8. The minimum Gasteiger partial charge on any atom is -0.504 e. The molecular weight excluding hydrogens is 556 g/mol. The Morgan fingerprint density at radius 1 is 1.07 bits per heavy atom. The molecule has 0 saturated heterocycles. The molecule has 0 radical (unpaired) electrons. The molecule has 8 N–H and O–H groups in total. The summed E-state index contributed by atoms with van der Waals surface area (Å²) in [5.74, 6) is -2.16. The summed E-state index contributed by atoms with van der Waals surface area (Å²) in [5.41, 5.74) is 15.7. The summed E-state index contributed by atoms with van der Waals surface area (Å²) in [4.78, 5) is 26.3. The number of phenols is 2. The number of phenolic OH excluding ortho intramolecular Hbond substituents is 2. The van der Waals surface area contributed by atoms with Crippen molar-refractivity contribution in [2.75, 3.05) is 0 Å². The van der Waals surface area contributed by atoms with E-state index in [1.807, 2.05) is 74.5 Å². The number of rotatable bonds is 11. The van der Waals surface area contributed by atoms with E-state index in [1.54, 1.807) is 39.0 Å². The maximum absolute atomic E-state index is 11.3. The van der Waals surface area contributed by atoms with Gasteiger partial charge in [0.05, 0.1) is 5.92 Å². The topological polar surface area (TPSA) is 171 Å². The first kappa shape index (κ1) is 46.8. The molecule has 1 aromatic carbocycles. The van der Waals surface area contributed by atoms with Crippen LogP contribution in [0.2, 0.25) is 0 Å². The highest BCUT2D eigenvalue weighted by atomic mass is 16.4. The molecule has 0 aromatic heterocycles. The van der Waals surface area contributed by atoms with Gasteiger partial charge in [0, 0.05) is 35.8 Å². The van der Waals surface area contributed by atoms with E-state index in [0.717, 1.165) is 28.3 Å². The Morgan fingerprint density at radius 2 is 1.61 bits per heavy atom. The number of carboxylic acids is 1. The third-order valence-electron chi connectivity index (χ3n) is 5.50. The fourth-order valence-corrected chi connectivity index (χ4v) is 3.31. The molecule has 1 amide bonds. The second-order valence-electron chi connectivity index (χ2n) is 8.53. The first-order valence-electron chi connectivity index (χ1n) is 15.2. The van der Waals surface area contributed by atoms with Gasteiger partial charge in [-0.05, 0) is 76.0 Å². The van der Waals surface area contributed by atoms with E-state index >= 15 is 0 Å². The zero-order valence-corrected chi connectivity index (χ0v) is 29.2. The summed E-state index contributed by atoms with van der Waals surface area (Å²) in [7, 11) is 0. The van der Waals surface area contributed by atoms with Crippen LogP contribution in [0.15, 0.2) is 76.6 Å². The second kappa shape index (κ2) is 29.0. The van der Waals surface area contributed by atoms with Crippen molar-refractivity contribution in [1.82, 2.24) is 5.32 Å². The third-order valence-corrected chi connectivity index (χ3v) is 5.50. The molecule has 0 bridgehead atoms. The van der Waals surface area contributed by atoms with Gasteiger partial charge in [-0.2, -0.15) is 0 Å². The van der Waals surface area contributed by atoms with Crippen molar-refractivity contribution in [3.8, 4) is 11.5 Å². The summed E-state index contributed by atoms with van der Waals surface area (Å²) in [6.07, 6.45) is 10.4. The fourth-order valence-electron chi connectivity index (χ4n) is 3.31. The number of carbonyl (C=O) groups excluding carboxylic acids is 1. The van der Waals surface area contributed by atoms with Crippen LogP contribution in [-0.2, 0) is 22.6 Å². The average molecular weight is 617 g/mol. The largest absolute Gasteiger partial charge is 0.504 e. The molecule has 0 aliphatic heterocycles. The normalized spacial score (nSPS) is 12.8. The summed E-state index contributed by atoms with van der Waals surface area (Å²) in [6, 6.07) is 2.95. The number of nitrogens with one attached hydrogen (secondary N) is 1. The van der Waals surface area contributed by atoms with Gasteiger partial charge in [-0.3, -0.25) is 9.59 Å². The zero-order valence-electron chi connectivity index (χ0n) is 29.2. The lowest BCUT2D eigenvalue weighted by atomic mass is 10.0. The van der Waals surface area contributed by atoms with Crippen LogP contribution >= 0.6 is 0 Å². The van der Waals surface area contributed by atoms with Crippen LogP contribution in [-0.4, -0.2) is 39.5 Å². The van der Waals surface area contributed by atoms with E-state index in [2.05, 4.69) is 16.9 Å². The Balaban J connectivity index is -0.000000367. The van der Waals surface area contributed by atoms with Crippen LogP contribution in [0.3, 0.4) is 0 Å². The molecule has 9 nitrogen and oxygen atoms in total. The molecule has 0 saturated carbocycles. The number of aliphatic carboxylic acids is 1. The SMILES string of the molecule is C=CC(=O)N=C/C(C)=C\C(=C(/C)N)C(C)N/C(=C/C=C\C)C(C)C(=O)O.CC.CC.CC.CCc1c(CN)ccc(O)c1O. The summed E-state index contributed by atoms with van der Waals surface area (Å²) in [6.45, 7) is 26.6. The second-order valence-corrected chi connectivity index (χ2v) is 8.53. The lowest BCUT2D eigenvalue weighted by molar-refractivity contribution is -0.140. The molecule has 250 valence electrons. The first-order valence-corrected chi connectivity index (χ1v) is 15.2. The number of benzene rings is 1. The van der Waals surface area contributed by atoms with Gasteiger partial charge < -0.3 is 32.1 Å². The average Bonchev–Trinajstić information content (AvgIpc) is 3.04. The predicted octanol–water partition coefficient (Wildman–Crippen LogP) is 7.31. The Morgan fingerprint density at radius 3 is 2.02 bits per heavy atom. The van der Waals surface area contributed by atoms with Crippen LogP contribution in [0, 0.1) is 5.92 Å². The Kier molecular flexibility index (Phi) is 30.9. The highest BCUT2D eigenvalue weighted by Crippen LogP contribution is 2.31. The monoisotopic (exact) mass is 616 g/mol. The smallest absolute Gasteiger partial charge is 0.312 e. The van der Waals surface area contributed by atoms with E-state index in [4.69, 9.17) is 16.6 Å². The highest BCUT2D eigenvalue weighted by molar-refractivity contribution is 5.96. The van der Waals surface area contributed by atoms with Crippen molar-refractivity contribution in [1.29, 1.82) is 0 Å². The van der Waals surface area contributed by atoms with E-state index in [-0.39, 0.29) is 17.5 Å². The number of hydrogen-bond donors (Lipinski definition) is 6. The number of carboxylic acid groups (broad SMARTS) is 1. The van der Waals surface area contributed by atoms with Gasteiger partial charge in [0.2, 0.25) is 0 Å². The number of amides is 1. The molecule has 1 aromatic rings. The number of hydrogen-bond acceptors (Lipinski definition) is 7. The van der Waals surface area contributed by atoms with Crippen molar-refractivity contribution in [2.24, 2.45) is 22.4 Å². The summed E-state index contributed by atoms with van der Waals surface area (Å²) < 4.78 is 0. The molecule has 0 heterocycles. The van der Waals surface area contributed by atoms with Crippen LogP contribution in [0.25, 0.3) is 0 Å². The third kappa shape index (κ3) is 19.2. The summed E-state index contributed by atoms with van der Waals surface area (Å²) >= 11 is 0. The van der Waals surface area contributed by atoms with Crippen molar-refractivity contribution >= 4 is 18.1 Å². The standard InChI is InChI=1S/C20H29N3O3.C9H13NO2.3C2H6/c1-7-9-10-18(14(4)20(25)26)23-16(6)17(15(5)21)11-13(3)12-22-19(24)8-2;1-2-7-6(5-10)3-4-8(11)9(7)12;3*1-2/h7-12,14,16,23H,2,21H2,1,3-6H3,(H,25,26);3-4,11-12H,2,5,10H2,1H3;3*1-2H3/b9-7-,13-11-,17-15-,18-10+,22-12?;;;;. The van der Waals surface area contributed by atoms with E-state index < -0.39 is 17.8 Å². The van der Waals surface area contributed by atoms with E-state index in [9.17, 15) is 19.8 Å². The van der Waals surface area contributed by atoms with Crippen LogP contribution in [0.4, 0.5) is 0 Å². The highest BCUT2D eigenvalue weighted by Gasteiger charge is 2.19. The van der Waals surface area contributed by atoms with Crippen molar-refractivity contribution in [3.63, 3.8) is 0 Å². The molecule has 1 rings (SSSR count). The molecule has 0 aliphatic carbocycles. The lowest BCUT2D eigenvalue weighted by Gasteiger charge is -2.22. The fraction of sp³-hybridized carbons (Fsp3) is 0.457. The Hall–Kier alpha value is -4.11. The van der Waals surface area contributed by atoms with Gasteiger partial charge in [-0.15, -0.1) is 0 Å². The van der Waals surface area contributed by atoms with Gasteiger partial charge in [0.25, 0.3) is 5.91 Å². The number of nitrogens with zero attached hydrogens (tertiary/aromatic N) is 1. The van der Waals surface area contributed by atoms with Gasteiger partial charge in [-0.25, -0.2) is 4.99 Å². The molecular formula is C35H60N4O5. The lowest BCUT2D eigenvalue weighted by Crippen LogP contribution is -2.33. The maximum atomic E-state index is 11.3. The van der Waals surface area contributed by atoms with Gasteiger partial charge in [-0.1, -0.05) is 79.3 Å². The quantitative estimate of drug-likeness (QED) is 0.0650. The molecule has 9 heteroatoms. The van der Waals surface area contributed by atoms with E-state index in [0.29, 0.717) is 24.4 Å². The molecule has 2 unspecified atom stereocenters. The Bertz CT molecular complexity index is 1130. The van der Waals surface area contributed by atoms with E-state index in [1.165, 1.54) is 12.3 Å². The van der Waals surface area contributed by atoms with Crippen molar-refractivity contribution in [3.05, 3.63) is 82.8 Å². The predicted molar refractivity (Wildman–Crippen MR) is 188 cm³/mol. The number of allylic oxidation sites excluding steroid dienone is 5. The summed E-state index contributed by atoms with van der Waals surface area (Å²) in [5, 5.41) is 31.1. The van der Waals surface area contributed by atoms with Gasteiger partial charge in [0.15, 0.2) is 11.5 Å². The minimum absolute atomic E-state index is 0.0412. The van der Waals surface area contributed by atoms with Crippen molar-refractivity contribution in [2.45, 2.75) is 102 Å². The van der Waals surface area contributed by atoms with Gasteiger partial charge in [0.1, 0.15) is 0 Å². The molecule has 0 aliphatic rings. The molecule has 44 heavy (non-hydrogen) atoms. The zero-order chi connectivity index (χ0) is 35.4. The number of aliphatic imine (C=N–C) groups is 1.